The van der Waals surface area contributed by atoms with E-state index in [0.717, 1.165) is 12.1 Å². The van der Waals surface area contributed by atoms with Crippen molar-refractivity contribution in [3.8, 4) is 5.75 Å². The minimum absolute atomic E-state index is 0.304. The van der Waals surface area contributed by atoms with Crippen molar-refractivity contribution in [1.29, 1.82) is 0 Å². The molecule has 1 N–H and O–H groups in total. The molecule has 9 heteroatoms. The van der Waals surface area contributed by atoms with Gasteiger partial charge in [-0.3, -0.25) is 4.98 Å². The Morgan fingerprint density at radius 3 is 2.48 bits per heavy atom. The molecule has 2 aromatic rings. The van der Waals surface area contributed by atoms with Crippen LogP contribution < -0.4 is 4.18 Å². The topological polar surface area (TPSA) is 76.5 Å². The Morgan fingerprint density at radius 1 is 1.24 bits per heavy atom. The fourth-order valence-electron chi connectivity index (χ4n) is 1.59. The number of pyridine rings is 1. The van der Waals surface area contributed by atoms with E-state index in [1.54, 1.807) is 0 Å². The van der Waals surface area contributed by atoms with Crippen molar-refractivity contribution in [3.05, 3.63) is 36.2 Å². The molecule has 0 aliphatic rings. The van der Waals surface area contributed by atoms with Crippen molar-refractivity contribution in [2.24, 2.45) is 0 Å². The molecular weight excluding hydrogens is 311 g/mol. The Morgan fingerprint density at radius 2 is 1.90 bits per heavy atom. The van der Waals surface area contributed by atoms with Gasteiger partial charge in [-0.25, -0.2) is 0 Å². The number of nitrogens with zero attached hydrogens (tertiary/aromatic N) is 1. The van der Waals surface area contributed by atoms with E-state index in [4.69, 9.17) is 0 Å². The quantitative estimate of drug-likeness (QED) is 0.694. The van der Waals surface area contributed by atoms with Gasteiger partial charge in [0.1, 0.15) is 5.75 Å². The van der Waals surface area contributed by atoms with Crippen molar-refractivity contribution < 1.29 is 30.9 Å². The number of alkyl halides is 3. The van der Waals surface area contributed by atoms with Gasteiger partial charge in [0.25, 0.3) is 0 Å². The third kappa shape index (κ3) is 3.24. The number of aliphatic hydroxyl groups excluding tert-OH is 1. The zero-order valence-corrected chi connectivity index (χ0v) is 11.4. The van der Waals surface area contributed by atoms with Gasteiger partial charge in [0.05, 0.1) is 11.8 Å². The second-order valence-corrected chi connectivity index (χ2v) is 5.82. The first-order chi connectivity index (χ1) is 9.60. The van der Waals surface area contributed by atoms with Gasteiger partial charge in [-0.05, 0) is 36.6 Å². The van der Waals surface area contributed by atoms with Gasteiger partial charge < -0.3 is 9.29 Å². The molecule has 0 aliphatic heterocycles. The average molecular weight is 321 g/mol. The number of halogens is 3. The molecule has 0 bridgehead atoms. The van der Waals surface area contributed by atoms with Crippen LogP contribution in [-0.4, -0.2) is 24.0 Å². The molecule has 0 aliphatic carbocycles. The second-order valence-electron chi connectivity index (χ2n) is 4.28. The first kappa shape index (κ1) is 15.5. The van der Waals surface area contributed by atoms with E-state index in [1.807, 2.05) is 0 Å². The molecule has 0 saturated heterocycles. The highest BCUT2D eigenvalue weighted by atomic mass is 32.2. The average Bonchev–Trinajstić information content (AvgIpc) is 2.36. The largest absolute Gasteiger partial charge is 0.534 e. The van der Waals surface area contributed by atoms with Crippen molar-refractivity contribution >= 4 is 20.9 Å². The van der Waals surface area contributed by atoms with Crippen LogP contribution in [0.5, 0.6) is 5.75 Å². The molecule has 114 valence electrons. The Kier molecular flexibility index (Phi) is 3.81. The lowest BCUT2D eigenvalue weighted by Gasteiger charge is -2.10. The van der Waals surface area contributed by atoms with E-state index in [0.29, 0.717) is 16.5 Å². The zero-order chi connectivity index (χ0) is 15.8. The fraction of sp³-hybridized carbons (Fsp3) is 0.250. The lowest BCUT2D eigenvalue weighted by Crippen LogP contribution is -2.28. The minimum atomic E-state index is -5.71. The van der Waals surface area contributed by atoms with Crippen LogP contribution >= 0.6 is 0 Å². The molecule has 1 atom stereocenters. The first-order valence-electron chi connectivity index (χ1n) is 5.69. The second kappa shape index (κ2) is 5.15. The summed E-state index contributed by atoms with van der Waals surface area (Å²) in [7, 11) is -5.71. The summed E-state index contributed by atoms with van der Waals surface area (Å²) in [4.78, 5) is 3.96. The van der Waals surface area contributed by atoms with E-state index in [9.17, 15) is 26.7 Å². The minimum Gasteiger partial charge on any atom is -0.387 e. The van der Waals surface area contributed by atoms with Gasteiger partial charge in [0.2, 0.25) is 0 Å². The van der Waals surface area contributed by atoms with Gasteiger partial charge >= 0.3 is 15.6 Å². The molecular formula is C12H10F3NO4S. The molecule has 0 saturated carbocycles. The molecule has 0 fully saturated rings. The summed E-state index contributed by atoms with van der Waals surface area (Å²) >= 11 is 0. The van der Waals surface area contributed by atoms with E-state index in [2.05, 4.69) is 9.17 Å². The fourth-order valence-corrected chi connectivity index (χ4v) is 2.04. The van der Waals surface area contributed by atoms with Crippen LogP contribution in [0.4, 0.5) is 13.2 Å². The van der Waals surface area contributed by atoms with Gasteiger partial charge in [-0.15, -0.1) is 0 Å². The maximum atomic E-state index is 12.2. The van der Waals surface area contributed by atoms with E-state index in [1.165, 1.54) is 25.3 Å². The number of hydrogen-bond acceptors (Lipinski definition) is 5. The number of fused-ring (bicyclic) bond motifs is 1. The number of aromatic nitrogens is 1. The lowest BCUT2D eigenvalue weighted by molar-refractivity contribution is -0.0500. The normalized spacial score (nSPS) is 14.1. The summed E-state index contributed by atoms with van der Waals surface area (Å²) in [5, 5.41) is 10.4. The Labute approximate surface area is 118 Å². The summed E-state index contributed by atoms with van der Waals surface area (Å²) in [5.41, 5.74) is -5.19. The van der Waals surface area contributed by atoms with E-state index < -0.39 is 27.5 Å². The molecule has 1 heterocycles. The van der Waals surface area contributed by atoms with Gasteiger partial charge in [-0.2, -0.15) is 21.6 Å². The van der Waals surface area contributed by atoms with Crippen LogP contribution in [0.3, 0.4) is 0 Å². The highest BCUT2D eigenvalue weighted by molar-refractivity contribution is 7.88. The third-order valence-corrected chi connectivity index (χ3v) is 3.61. The van der Waals surface area contributed by atoms with E-state index in [-0.39, 0.29) is 0 Å². The molecule has 21 heavy (non-hydrogen) atoms. The zero-order valence-electron chi connectivity index (χ0n) is 10.6. The first-order valence-corrected chi connectivity index (χ1v) is 7.09. The van der Waals surface area contributed by atoms with Crippen LogP contribution in [-0.2, 0) is 10.1 Å². The Balaban J connectivity index is 2.43. The van der Waals surface area contributed by atoms with Crippen LogP contribution in [0.15, 0.2) is 30.5 Å². The summed E-state index contributed by atoms with van der Waals surface area (Å²) in [6.07, 6.45) is 0.553. The molecule has 0 radical (unpaired) electrons. The monoisotopic (exact) mass is 321 g/mol. The summed E-state index contributed by atoms with van der Waals surface area (Å²) in [6.45, 7) is 1.47. The highest BCUT2D eigenvalue weighted by Gasteiger charge is 2.48. The molecule has 1 aromatic carbocycles. The summed E-state index contributed by atoms with van der Waals surface area (Å²) in [6, 6.07) is 5.03. The van der Waals surface area contributed by atoms with Crippen LogP contribution in [0, 0.1) is 0 Å². The van der Waals surface area contributed by atoms with Gasteiger partial charge in [0, 0.05) is 11.6 Å². The van der Waals surface area contributed by atoms with Crippen molar-refractivity contribution in [3.63, 3.8) is 0 Å². The molecule has 2 rings (SSSR count). The predicted molar refractivity (Wildman–Crippen MR) is 68.0 cm³/mol. The smallest absolute Gasteiger partial charge is 0.387 e. The number of benzene rings is 1. The molecule has 0 unspecified atom stereocenters. The number of aliphatic hydroxyl groups is 1. The SMILES string of the molecule is C[C@@H](O)c1cc2cc(OS(=O)(=O)C(F)(F)F)ccc2cn1. The summed E-state index contributed by atoms with van der Waals surface area (Å²) in [5.74, 6) is -0.470. The van der Waals surface area contributed by atoms with Crippen molar-refractivity contribution in [1.82, 2.24) is 4.98 Å². The molecule has 1 aromatic heterocycles. The van der Waals surface area contributed by atoms with Gasteiger partial charge in [0.15, 0.2) is 0 Å². The molecule has 5 nitrogen and oxygen atoms in total. The lowest BCUT2D eigenvalue weighted by atomic mass is 10.1. The molecule has 0 amide bonds. The number of rotatable bonds is 3. The predicted octanol–water partition coefficient (Wildman–Crippen LogP) is 2.52. The highest BCUT2D eigenvalue weighted by Crippen LogP contribution is 2.29. The number of hydrogen-bond donors (Lipinski definition) is 1. The Bertz CT molecular complexity index is 772. The van der Waals surface area contributed by atoms with Gasteiger partial charge in [-0.1, -0.05) is 0 Å². The van der Waals surface area contributed by atoms with Crippen LogP contribution in [0.1, 0.15) is 18.7 Å². The van der Waals surface area contributed by atoms with Crippen LogP contribution in [0.2, 0.25) is 0 Å². The third-order valence-electron chi connectivity index (χ3n) is 2.63. The van der Waals surface area contributed by atoms with Crippen molar-refractivity contribution in [2.45, 2.75) is 18.5 Å². The van der Waals surface area contributed by atoms with Crippen LogP contribution in [0.25, 0.3) is 10.8 Å². The van der Waals surface area contributed by atoms with E-state index >= 15 is 0 Å². The maximum absolute atomic E-state index is 12.2. The maximum Gasteiger partial charge on any atom is 0.534 e. The Hall–Kier alpha value is -1.87. The standard InChI is InChI=1S/C12H10F3NO4S/c1-7(17)11-5-9-4-10(3-2-8(9)6-16-11)20-21(18,19)12(13,14)15/h2-7,17H,1H3/t7-/m1/s1. The summed E-state index contributed by atoms with van der Waals surface area (Å²) < 4.78 is 62.6. The van der Waals surface area contributed by atoms with Crippen molar-refractivity contribution in [2.75, 3.05) is 0 Å². The molecule has 0 spiro atoms.